The first-order chi connectivity index (χ1) is 10.2. The van der Waals surface area contributed by atoms with E-state index in [4.69, 9.17) is 0 Å². The van der Waals surface area contributed by atoms with Crippen molar-refractivity contribution in [2.45, 2.75) is 18.9 Å². The molecule has 112 valence electrons. The fourth-order valence-electron chi connectivity index (χ4n) is 2.74. The number of rotatable bonds is 3. The van der Waals surface area contributed by atoms with Gasteiger partial charge in [-0.05, 0) is 45.1 Å². The Balaban J connectivity index is 1.77. The highest BCUT2D eigenvalue weighted by Crippen LogP contribution is 2.09. The molecule has 1 aliphatic rings. The first kappa shape index (κ1) is 14.0. The third-order valence-corrected chi connectivity index (χ3v) is 3.98. The van der Waals surface area contributed by atoms with Crippen molar-refractivity contribution >= 4 is 11.6 Å². The van der Waals surface area contributed by atoms with Crippen molar-refractivity contribution in [1.29, 1.82) is 0 Å². The molecule has 2 aromatic heterocycles. The lowest BCUT2D eigenvalue weighted by atomic mass is 10.1. The van der Waals surface area contributed by atoms with Gasteiger partial charge in [0.1, 0.15) is 0 Å². The van der Waals surface area contributed by atoms with Crippen LogP contribution in [0.4, 0.5) is 0 Å². The van der Waals surface area contributed by atoms with Gasteiger partial charge in [-0.3, -0.25) is 9.69 Å². The molecule has 0 unspecified atom stereocenters. The van der Waals surface area contributed by atoms with Crippen LogP contribution in [0.5, 0.6) is 0 Å². The van der Waals surface area contributed by atoms with Gasteiger partial charge in [0, 0.05) is 12.2 Å². The lowest BCUT2D eigenvalue weighted by Gasteiger charge is -2.30. The van der Waals surface area contributed by atoms with E-state index >= 15 is 0 Å². The van der Waals surface area contributed by atoms with E-state index in [1.165, 1.54) is 4.40 Å². The molecule has 7 heteroatoms. The summed E-state index contributed by atoms with van der Waals surface area (Å²) >= 11 is 0. The molecule has 3 heterocycles. The first-order valence-corrected chi connectivity index (χ1v) is 7.17. The number of hydrogen-bond acceptors (Lipinski definition) is 5. The Kier molecular flexibility index (Phi) is 3.85. The summed E-state index contributed by atoms with van der Waals surface area (Å²) in [7, 11) is 1.93. The van der Waals surface area contributed by atoms with E-state index in [0.29, 0.717) is 11.7 Å². The van der Waals surface area contributed by atoms with Crippen LogP contribution in [0.1, 0.15) is 17.6 Å². The molecule has 7 nitrogen and oxygen atoms in total. The summed E-state index contributed by atoms with van der Waals surface area (Å²) < 4.78 is 2.34. The second-order valence-electron chi connectivity index (χ2n) is 5.41. The predicted octanol–water partition coefficient (Wildman–Crippen LogP) is -0.180. The van der Waals surface area contributed by atoms with Crippen molar-refractivity contribution in [1.82, 2.24) is 24.4 Å². The minimum absolute atomic E-state index is 0.203. The molecule has 0 saturated carbocycles. The fourth-order valence-corrected chi connectivity index (χ4v) is 2.74. The third kappa shape index (κ3) is 2.74. The summed E-state index contributed by atoms with van der Waals surface area (Å²) in [5.41, 5.74) is 0.0784. The molecule has 2 aromatic rings. The van der Waals surface area contributed by atoms with Gasteiger partial charge in [0.25, 0.3) is 5.91 Å². The highest BCUT2D eigenvalue weighted by atomic mass is 16.2. The Labute approximate surface area is 122 Å². The summed E-state index contributed by atoms with van der Waals surface area (Å²) in [6, 6.07) is 5.62. The number of carbonyl (C=O) groups is 1. The summed E-state index contributed by atoms with van der Waals surface area (Å²) in [4.78, 5) is 26.5. The standard InChI is InChI=1S/C14H19N5O2/c1-17(11-5-7-15-8-6-11)10-13(20)19-14(21)18-9-3-2-4-12(18)16-19/h2-4,9,11,15H,5-8,10H2,1H3. The number of aromatic nitrogens is 3. The Morgan fingerprint density at radius 3 is 2.90 bits per heavy atom. The van der Waals surface area contributed by atoms with Gasteiger partial charge in [-0.2, -0.15) is 0 Å². The van der Waals surface area contributed by atoms with E-state index in [0.717, 1.165) is 30.6 Å². The second-order valence-corrected chi connectivity index (χ2v) is 5.41. The van der Waals surface area contributed by atoms with Crippen molar-refractivity contribution in [3.8, 4) is 0 Å². The van der Waals surface area contributed by atoms with Crippen LogP contribution in [-0.2, 0) is 0 Å². The average molecular weight is 289 g/mol. The molecular weight excluding hydrogens is 270 g/mol. The predicted molar refractivity (Wildman–Crippen MR) is 78.6 cm³/mol. The SMILES string of the molecule is CN(CC(=O)n1nc2ccccn2c1=O)C1CCNCC1. The van der Waals surface area contributed by atoms with Crippen LogP contribution in [-0.4, -0.2) is 57.7 Å². The molecule has 0 amide bonds. The van der Waals surface area contributed by atoms with Crippen molar-refractivity contribution in [3.63, 3.8) is 0 Å². The van der Waals surface area contributed by atoms with E-state index in [1.807, 2.05) is 11.9 Å². The normalized spacial score (nSPS) is 16.7. The zero-order valence-electron chi connectivity index (χ0n) is 12.0. The maximum absolute atomic E-state index is 12.3. The molecule has 3 rings (SSSR count). The lowest BCUT2D eigenvalue weighted by molar-refractivity contribution is 0.0800. The van der Waals surface area contributed by atoms with Gasteiger partial charge in [0.05, 0.1) is 6.54 Å². The van der Waals surface area contributed by atoms with Crippen LogP contribution >= 0.6 is 0 Å². The molecule has 0 aromatic carbocycles. The van der Waals surface area contributed by atoms with Crippen molar-refractivity contribution in [2.24, 2.45) is 0 Å². The van der Waals surface area contributed by atoms with Crippen LogP contribution in [0.3, 0.4) is 0 Å². The fraction of sp³-hybridized carbons (Fsp3) is 0.500. The van der Waals surface area contributed by atoms with Gasteiger partial charge >= 0.3 is 5.69 Å². The van der Waals surface area contributed by atoms with E-state index < -0.39 is 5.69 Å². The van der Waals surface area contributed by atoms with E-state index in [-0.39, 0.29) is 12.5 Å². The summed E-state index contributed by atoms with van der Waals surface area (Å²) in [5, 5.41) is 7.39. The van der Waals surface area contributed by atoms with Crippen molar-refractivity contribution < 1.29 is 4.79 Å². The largest absolute Gasteiger partial charge is 0.357 e. The Bertz CT molecular complexity index is 699. The van der Waals surface area contributed by atoms with Gasteiger partial charge in [-0.1, -0.05) is 6.07 Å². The number of carbonyl (C=O) groups excluding carboxylic acids is 1. The maximum Gasteiger partial charge on any atom is 0.357 e. The smallest absolute Gasteiger partial charge is 0.317 e. The summed E-state index contributed by atoms with van der Waals surface area (Å²) in [6.07, 6.45) is 3.65. The van der Waals surface area contributed by atoms with Gasteiger partial charge < -0.3 is 5.32 Å². The van der Waals surface area contributed by atoms with Crippen molar-refractivity contribution in [2.75, 3.05) is 26.7 Å². The van der Waals surface area contributed by atoms with Gasteiger partial charge in [0.15, 0.2) is 5.65 Å². The van der Waals surface area contributed by atoms with E-state index in [2.05, 4.69) is 10.4 Å². The lowest BCUT2D eigenvalue weighted by Crippen LogP contribution is -2.45. The molecule has 1 aliphatic heterocycles. The number of fused-ring (bicyclic) bond motifs is 1. The molecule has 0 radical (unpaired) electrons. The summed E-state index contributed by atoms with van der Waals surface area (Å²) in [5.74, 6) is -0.287. The zero-order valence-corrected chi connectivity index (χ0v) is 12.0. The Morgan fingerprint density at radius 2 is 2.19 bits per heavy atom. The number of piperidine rings is 1. The third-order valence-electron chi connectivity index (χ3n) is 3.98. The van der Waals surface area contributed by atoms with Gasteiger partial charge in [0.2, 0.25) is 0 Å². The minimum Gasteiger partial charge on any atom is -0.317 e. The molecule has 0 atom stereocenters. The Morgan fingerprint density at radius 1 is 1.43 bits per heavy atom. The Hall–Kier alpha value is -1.99. The number of pyridine rings is 1. The number of likely N-dealkylation sites (N-methyl/N-ethyl adjacent to an activating group) is 1. The highest BCUT2D eigenvalue weighted by Gasteiger charge is 2.22. The van der Waals surface area contributed by atoms with Gasteiger partial charge in [-0.25, -0.2) is 9.20 Å². The maximum atomic E-state index is 12.3. The average Bonchev–Trinajstić information content (AvgIpc) is 2.86. The molecule has 1 saturated heterocycles. The summed E-state index contributed by atoms with van der Waals surface area (Å²) in [6.45, 7) is 2.14. The number of nitrogens with zero attached hydrogens (tertiary/aromatic N) is 4. The molecule has 0 bridgehead atoms. The van der Waals surface area contributed by atoms with Crippen LogP contribution < -0.4 is 11.0 Å². The molecule has 1 N–H and O–H groups in total. The molecule has 0 spiro atoms. The first-order valence-electron chi connectivity index (χ1n) is 7.17. The second kappa shape index (κ2) is 5.79. The topological polar surface area (TPSA) is 71.6 Å². The zero-order chi connectivity index (χ0) is 14.8. The van der Waals surface area contributed by atoms with E-state index in [9.17, 15) is 9.59 Å². The van der Waals surface area contributed by atoms with Gasteiger partial charge in [-0.15, -0.1) is 9.78 Å². The molecule has 0 aliphatic carbocycles. The van der Waals surface area contributed by atoms with Crippen LogP contribution in [0.25, 0.3) is 5.65 Å². The van der Waals surface area contributed by atoms with Crippen LogP contribution in [0.2, 0.25) is 0 Å². The quantitative estimate of drug-likeness (QED) is 0.849. The number of hydrogen-bond donors (Lipinski definition) is 1. The van der Waals surface area contributed by atoms with Crippen LogP contribution in [0, 0.1) is 0 Å². The molecule has 21 heavy (non-hydrogen) atoms. The van der Waals surface area contributed by atoms with E-state index in [1.54, 1.807) is 24.4 Å². The number of nitrogens with one attached hydrogen (secondary N) is 1. The minimum atomic E-state index is -0.408. The molecular formula is C14H19N5O2. The molecule has 1 fully saturated rings. The highest BCUT2D eigenvalue weighted by molar-refractivity contribution is 5.80. The van der Waals surface area contributed by atoms with Crippen molar-refractivity contribution in [3.05, 3.63) is 34.9 Å². The monoisotopic (exact) mass is 289 g/mol. The van der Waals surface area contributed by atoms with Crippen LogP contribution in [0.15, 0.2) is 29.2 Å².